The lowest BCUT2D eigenvalue weighted by Crippen LogP contribution is -2.49. The zero-order valence-corrected chi connectivity index (χ0v) is 17.7. The third kappa shape index (κ3) is 8.84. The summed E-state index contributed by atoms with van der Waals surface area (Å²) in [5, 5.41) is 6.75. The van der Waals surface area contributed by atoms with Gasteiger partial charge in [-0.15, -0.1) is 0 Å². The lowest BCUT2D eigenvalue weighted by molar-refractivity contribution is 0.109. The molecular formula is C20H37N7O. The van der Waals surface area contributed by atoms with Gasteiger partial charge in [0.2, 0.25) is 5.95 Å². The van der Waals surface area contributed by atoms with E-state index >= 15 is 0 Å². The minimum atomic E-state index is 0.588. The molecule has 0 spiro atoms. The van der Waals surface area contributed by atoms with E-state index in [-0.39, 0.29) is 0 Å². The first kappa shape index (κ1) is 22.4. The Morgan fingerprint density at radius 2 is 1.93 bits per heavy atom. The molecule has 1 fully saturated rings. The van der Waals surface area contributed by atoms with E-state index in [0.29, 0.717) is 5.92 Å². The smallest absolute Gasteiger partial charge is 0.225 e. The summed E-state index contributed by atoms with van der Waals surface area (Å²) >= 11 is 0. The SMILES string of the molecule is CCNC(=NCCCOCC(C)C)NCCN1CCN(c2ncccn2)CC1. The number of anilines is 1. The summed E-state index contributed by atoms with van der Waals surface area (Å²) in [4.78, 5) is 18.0. The molecule has 0 saturated carbocycles. The first-order chi connectivity index (χ1) is 13.7. The van der Waals surface area contributed by atoms with Gasteiger partial charge in [-0.25, -0.2) is 9.97 Å². The van der Waals surface area contributed by atoms with Gasteiger partial charge in [0.05, 0.1) is 0 Å². The molecule has 0 bridgehead atoms. The number of aliphatic imine (C=N–C) groups is 1. The average Bonchev–Trinajstić information content (AvgIpc) is 2.71. The Bertz CT molecular complexity index is 545. The van der Waals surface area contributed by atoms with E-state index in [9.17, 15) is 0 Å². The minimum absolute atomic E-state index is 0.588. The zero-order valence-electron chi connectivity index (χ0n) is 17.7. The van der Waals surface area contributed by atoms with Gasteiger partial charge in [-0.1, -0.05) is 13.8 Å². The van der Waals surface area contributed by atoms with Crippen molar-refractivity contribution in [1.29, 1.82) is 0 Å². The molecule has 2 heterocycles. The highest BCUT2D eigenvalue weighted by molar-refractivity contribution is 5.79. The Morgan fingerprint density at radius 1 is 1.18 bits per heavy atom. The first-order valence-corrected chi connectivity index (χ1v) is 10.5. The van der Waals surface area contributed by atoms with Gasteiger partial charge in [0.15, 0.2) is 5.96 Å². The summed E-state index contributed by atoms with van der Waals surface area (Å²) in [7, 11) is 0. The van der Waals surface area contributed by atoms with Crippen LogP contribution in [0.1, 0.15) is 27.2 Å². The summed E-state index contributed by atoms with van der Waals surface area (Å²) in [6.07, 6.45) is 4.56. The maximum atomic E-state index is 5.61. The van der Waals surface area contributed by atoms with Gasteiger partial charge in [0.25, 0.3) is 0 Å². The average molecular weight is 392 g/mol. The number of hydrogen-bond donors (Lipinski definition) is 2. The number of nitrogens with one attached hydrogen (secondary N) is 2. The van der Waals surface area contributed by atoms with Crippen molar-refractivity contribution in [2.75, 3.05) is 70.5 Å². The fraction of sp³-hybridized carbons (Fsp3) is 0.750. The molecule has 0 aromatic carbocycles. The molecule has 1 aliphatic rings. The molecule has 0 radical (unpaired) electrons. The van der Waals surface area contributed by atoms with Crippen molar-refractivity contribution < 1.29 is 4.74 Å². The number of hydrogen-bond acceptors (Lipinski definition) is 6. The molecule has 0 aliphatic carbocycles. The van der Waals surface area contributed by atoms with Gasteiger partial charge < -0.3 is 20.3 Å². The monoisotopic (exact) mass is 391 g/mol. The normalized spacial score (nSPS) is 15.9. The molecule has 1 aliphatic heterocycles. The Balaban J connectivity index is 1.61. The minimum Gasteiger partial charge on any atom is -0.381 e. The molecule has 28 heavy (non-hydrogen) atoms. The lowest BCUT2D eigenvalue weighted by Gasteiger charge is -2.34. The second-order valence-electron chi connectivity index (χ2n) is 7.39. The van der Waals surface area contributed by atoms with Gasteiger partial charge in [0.1, 0.15) is 0 Å². The number of nitrogens with zero attached hydrogens (tertiary/aromatic N) is 5. The van der Waals surface area contributed by atoms with E-state index in [0.717, 1.165) is 83.9 Å². The number of ether oxygens (including phenoxy) is 1. The van der Waals surface area contributed by atoms with E-state index < -0.39 is 0 Å². The highest BCUT2D eigenvalue weighted by Gasteiger charge is 2.18. The van der Waals surface area contributed by atoms with Crippen molar-refractivity contribution >= 4 is 11.9 Å². The fourth-order valence-electron chi connectivity index (χ4n) is 2.98. The molecule has 1 saturated heterocycles. The highest BCUT2D eigenvalue weighted by atomic mass is 16.5. The van der Waals surface area contributed by atoms with Gasteiger partial charge in [-0.05, 0) is 25.3 Å². The van der Waals surface area contributed by atoms with Crippen LogP contribution in [0, 0.1) is 5.92 Å². The van der Waals surface area contributed by atoms with Gasteiger partial charge in [0, 0.05) is 78.0 Å². The molecule has 8 heteroatoms. The summed E-state index contributed by atoms with van der Waals surface area (Å²) < 4.78 is 5.61. The maximum absolute atomic E-state index is 5.61. The van der Waals surface area contributed by atoms with E-state index in [2.05, 4.69) is 56.2 Å². The molecule has 0 atom stereocenters. The van der Waals surface area contributed by atoms with Crippen LogP contribution in [-0.4, -0.2) is 86.4 Å². The van der Waals surface area contributed by atoms with Gasteiger partial charge in [-0.2, -0.15) is 0 Å². The van der Waals surface area contributed by atoms with Crippen LogP contribution in [-0.2, 0) is 4.74 Å². The largest absolute Gasteiger partial charge is 0.381 e. The topological polar surface area (TPSA) is 77.9 Å². The number of piperazine rings is 1. The van der Waals surface area contributed by atoms with Crippen molar-refractivity contribution in [1.82, 2.24) is 25.5 Å². The van der Waals surface area contributed by atoms with Crippen molar-refractivity contribution in [2.45, 2.75) is 27.2 Å². The van der Waals surface area contributed by atoms with Crippen LogP contribution in [0.4, 0.5) is 5.95 Å². The quantitative estimate of drug-likeness (QED) is 0.334. The van der Waals surface area contributed by atoms with Crippen LogP contribution in [0.5, 0.6) is 0 Å². The predicted molar refractivity (Wildman–Crippen MR) is 115 cm³/mol. The summed E-state index contributed by atoms with van der Waals surface area (Å²) in [5.74, 6) is 2.31. The standard InChI is InChI=1S/C20H37N7O/c1-4-21-19(22-9-6-16-28-17-18(2)3)23-10-11-26-12-14-27(15-13-26)20-24-7-5-8-25-20/h5,7-8,18H,4,6,9-17H2,1-3H3,(H2,21,22,23). The van der Waals surface area contributed by atoms with Crippen molar-refractivity contribution in [3.8, 4) is 0 Å². The molecule has 1 aromatic heterocycles. The Kier molecular flexibility index (Phi) is 10.6. The third-order valence-electron chi connectivity index (χ3n) is 4.44. The molecule has 158 valence electrons. The number of guanidine groups is 1. The third-order valence-corrected chi connectivity index (χ3v) is 4.44. The second-order valence-corrected chi connectivity index (χ2v) is 7.39. The van der Waals surface area contributed by atoms with Crippen LogP contribution in [0.15, 0.2) is 23.5 Å². The number of aromatic nitrogens is 2. The van der Waals surface area contributed by atoms with Crippen molar-refractivity contribution in [2.24, 2.45) is 10.9 Å². The number of rotatable bonds is 11. The Morgan fingerprint density at radius 3 is 2.61 bits per heavy atom. The van der Waals surface area contributed by atoms with Gasteiger partial charge in [-0.3, -0.25) is 9.89 Å². The summed E-state index contributed by atoms with van der Waals surface area (Å²) in [5.41, 5.74) is 0. The Labute approximate surface area is 169 Å². The molecule has 0 unspecified atom stereocenters. The molecule has 2 rings (SSSR count). The lowest BCUT2D eigenvalue weighted by atomic mass is 10.2. The van der Waals surface area contributed by atoms with Crippen molar-refractivity contribution in [3.63, 3.8) is 0 Å². The van der Waals surface area contributed by atoms with E-state index in [1.54, 1.807) is 12.4 Å². The first-order valence-electron chi connectivity index (χ1n) is 10.5. The molecule has 1 aromatic rings. The molecule has 8 nitrogen and oxygen atoms in total. The molecule has 0 amide bonds. The van der Waals surface area contributed by atoms with Gasteiger partial charge >= 0.3 is 0 Å². The second kappa shape index (κ2) is 13.3. The van der Waals surface area contributed by atoms with Crippen molar-refractivity contribution in [3.05, 3.63) is 18.5 Å². The predicted octanol–water partition coefficient (Wildman–Crippen LogP) is 1.22. The summed E-state index contributed by atoms with van der Waals surface area (Å²) in [6.45, 7) is 15.6. The van der Waals surface area contributed by atoms with E-state index in [4.69, 9.17) is 4.74 Å². The summed E-state index contributed by atoms with van der Waals surface area (Å²) in [6, 6.07) is 1.85. The zero-order chi connectivity index (χ0) is 20.0. The molecular weight excluding hydrogens is 354 g/mol. The fourth-order valence-corrected chi connectivity index (χ4v) is 2.98. The Hall–Kier alpha value is -1.93. The van der Waals surface area contributed by atoms with Crippen LogP contribution >= 0.6 is 0 Å². The van der Waals surface area contributed by atoms with E-state index in [1.807, 2.05) is 6.07 Å². The van der Waals surface area contributed by atoms with Crippen LogP contribution in [0.3, 0.4) is 0 Å². The maximum Gasteiger partial charge on any atom is 0.225 e. The van der Waals surface area contributed by atoms with E-state index in [1.165, 1.54) is 0 Å². The van der Waals surface area contributed by atoms with Crippen LogP contribution in [0.2, 0.25) is 0 Å². The molecule has 2 N–H and O–H groups in total. The van der Waals surface area contributed by atoms with Crippen LogP contribution in [0.25, 0.3) is 0 Å². The highest BCUT2D eigenvalue weighted by Crippen LogP contribution is 2.09. The van der Waals surface area contributed by atoms with Crippen LogP contribution < -0.4 is 15.5 Å².